The summed E-state index contributed by atoms with van der Waals surface area (Å²) in [5.74, 6) is -0.0742. The molecule has 152 valence electrons. The van der Waals surface area contributed by atoms with Crippen molar-refractivity contribution < 1.29 is 21.6 Å². The average Bonchev–Trinajstić information content (AvgIpc) is 3.16. The first kappa shape index (κ1) is 20.9. The second-order valence-electron chi connectivity index (χ2n) is 6.46. The van der Waals surface area contributed by atoms with Crippen LogP contribution in [0.3, 0.4) is 0 Å². The minimum atomic E-state index is -3.82. The highest BCUT2D eigenvalue weighted by Gasteiger charge is 2.28. The first-order chi connectivity index (χ1) is 13.2. The number of halogens is 1. The zero-order valence-electron chi connectivity index (χ0n) is 15.3. The Hall–Kier alpha value is -1.81. The summed E-state index contributed by atoms with van der Waals surface area (Å²) in [4.78, 5) is 0.0238. The number of nitrogens with zero attached hydrogens (tertiary/aromatic N) is 1. The Morgan fingerprint density at radius 3 is 2.43 bits per heavy atom. The van der Waals surface area contributed by atoms with Crippen molar-refractivity contribution in [2.24, 2.45) is 0 Å². The van der Waals surface area contributed by atoms with Gasteiger partial charge in [0, 0.05) is 18.1 Å². The fourth-order valence-corrected chi connectivity index (χ4v) is 6.00. The van der Waals surface area contributed by atoms with Crippen molar-refractivity contribution >= 4 is 37.3 Å². The summed E-state index contributed by atoms with van der Waals surface area (Å²) >= 11 is 5.91. The Labute approximate surface area is 170 Å². The molecule has 1 heterocycles. The van der Waals surface area contributed by atoms with E-state index >= 15 is 0 Å². The lowest BCUT2D eigenvalue weighted by Gasteiger charge is -2.18. The molecule has 3 rings (SSSR count). The maximum absolute atomic E-state index is 12.8. The van der Waals surface area contributed by atoms with Crippen LogP contribution in [0.4, 0.5) is 5.69 Å². The van der Waals surface area contributed by atoms with Gasteiger partial charge in [0.05, 0.1) is 23.4 Å². The molecular weight excluding hydrogens is 424 g/mol. The molecule has 0 atom stereocenters. The van der Waals surface area contributed by atoms with Crippen LogP contribution in [0, 0.1) is 0 Å². The highest BCUT2D eigenvalue weighted by molar-refractivity contribution is 7.92. The summed E-state index contributed by atoms with van der Waals surface area (Å²) in [7, 11) is -6.11. The average molecular weight is 445 g/mol. The number of methoxy groups -OCH3 is 1. The van der Waals surface area contributed by atoms with Crippen LogP contribution in [-0.2, 0) is 25.8 Å². The van der Waals surface area contributed by atoms with Crippen LogP contribution >= 0.6 is 11.6 Å². The molecule has 10 heteroatoms. The van der Waals surface area contributed by atoms with Gasteiger partial charge in [0.2, 0.25) is 20.0 Å². The van der Waals surface area contributed by atoms with E-state index in [1.165, 1.54) is 29.6 Å². The van der Waals surface area contributed by atoms with E-state index in [0.717, 1.165) is 12.8 Å². The van der Waals surface area contributed by atoms with E-state index < -0.39 is 20.0 Å². The van der Waals surface area contributed by atoms with Crippen LogP contribution in [0.2, 0.25) is 5.02 Å². The maximum Gasteiger partial charge on any atom is 0.243 e. The Morgan fingerprint density at radius 1 is 1.07 bits per heavy atom. The van der Waals surface area contributed by atoms with Gasteiger partial charge in [0.1, 0.15) is 5.75 Å². The van der Waals surface area contributed by atoms with Crippen LogP contribution in [0.15, 0.2) is 47.4 Å². The topological polar surface area (TPSA) is 92.8 Å². The van der Waals surface area contributed by atoms with Crippen molar-refractivity contribution in [1.29, 1.82) is 0 Å². The minimum absolute atomic E-state index is 0.0238. The largest absolute Gasteiger partial charge is 0.495 e. The Balaban J connectivity index is 1.90. The molecule has 7 nitrogen and oxygen atoms in total. The van der Waals surface area contributed by atoms with Crippen molar-refractivity contribution in [3.63, 3.8) is 0 Å². The van der Waals surface area contributed by atoms with Crippen molar-refractivity contribution in [3.05, 3.63) is 53.1 Å². The van der Waals surface area contributed by atoms with Gasteiger partial charge in [-0.15, -0.1) is 0 Å². The van der Waals surface area contributed by atoms with Gasteiger partial charge < -0.3 is 4.74 Å². The third kappa shape index (κ3) is 4.78. The van der Waals surface area contributed by atoms with Gasteiger partial charge in [-0.25, -0.2) is 16.8 Å². The SMILES string of the molecule is COc1ccc(S(=O)(=O)N2CCCC2)cc1NS(=O)(=O)Cc1cccc(Cl)c1. The second kappa shape index (κ2) is 8.28. The van der Waals surface area contributed by atoms with Gasteiger partial charge in [0.15, 0.2) is 0 Å². The van der Waals surface area contributed by atoms with Gasteiger partial charge in [0.25, 0.3) is 0 Å². The monoisotopic (exact) mass is 444 g/mol. The molecule has 0 bridgehead atoms. The third-order valence-electron chi connectivity index (χ3n) is 4.38. The summed E-state index contributed by atoms with van der Waals surface area (Å²) in [6.07, 6.45) is 1.63. The zero-order chi connectivity index (χ0) is 20.4. The van der Waals surface area contributed by atoms with E-state index in [1.807, 2.05) is 0 Å². The highest BCUT2D eigenvalue weighted by atomic mass is 35.5. The molecule has 0 radical (unpaired) electrons. The lowest BCUT2D eigenvalue weighted by molar-refractivity contribution is 0.416. The second-order valence-corrected chi connectivity index (χ2v) is 10.6. The smallest absolute Gasteiger partial charge is 0.243 e. The molecule has 0 aromatic heterocycles. The number of benzene rings is 2. The van der Waals surface area contributed by atoms with Crippen LogP contribution in [-0.4, -0.2) is 41.3 Å². The third-order valence-corrected chi connectivity index (χ3v) is 7.76. The molecule has 2 aromatic carbocycles. The summed E-state index contributed by atoms with van der Waals surface area (Å²) in [5, 5.41) is 0.434. The molecular formula is C18H21ClN2O5S2. The molecule has 1 aliphatic heterocycles. The first-order valence-electron chi connectivity index (χ1n) is 8.64. The van der Waals surface area contributed by atoms with Crippen molar-refractivity contribution in [2.75, 3.05) is 24.9 Å². The molecule has 1 N–H and O–H groups in total. The van der Waals surface area contributed by atoms with Crippen LogP contribution < -0.4 is 9.46 Å². The van der Waals surface area contributed by atoms with E-state index in [9.17, 15) is 16.8 Å². The predicted octanol–water partition coefficient (Wildman–Crippen LogP) is 3.08. The molecule has 1 saturated heterocycles. The van der Waals surface area contributed by atoms with Gasteiger partial charge in [-0.1, -0.05) is 23.7 Å². The standard InChI is InChI=1S/C18H21ClN2O5S2/c1-26-18-8-7-16(28(24,25)21-9-2-3-10-21)12-17(18)20-27(22,23)13-14-5-4-6-15(19)11-14/h4-8,11-12,20H,2-3,9-10,13H2,1H3. The number of rotatable bonds is 7. The molecule has 28 heavy (non-hydrogen) atoms. The van der Waals surface area contributed by atoms with E-state index in [-0.39, 0.29) is 22.1 Å². The molecule has 1 fully saturated rings. The van der Waals surface area contributed by atoms with Crippen LogP contribution in [0.5, 0.6) is 5.75 Å². The summed E-state index contributed by atoms with van der Waals surface area (Å²) in [6.45, 7) is 0.925. The molecule has 2 aromatic rings. The van der Waals surface area contributed by atoms with Gasteiger partial charge in [-0.2, -0.15) is 4.31 Å². The normalized spacial score (nSPS) is 15.5. The molecule has 0 aliphatic carbocycles. The van der Waals surface area contributed by atoms with Crippen LogP contribution in [0.1, 0.15) is 18.4 Å². The molecule has 0 saturated carbocycles. The lowest BCUT2D eigenvalue weighted by Crippen LogP contribution is -2.28. The number of sulfonamides is 2. The zero-order valence-corrected chi connectivity index (χ0v) is 17.6. The summed E-state index contributed by atoms with van der Waals surface area (Å²) in [6, 6.07) is 10.7. The van der Waals surface area contributed by atoms with E-state index in [2.05, 4.69) is 4.72 Å². The van der Waals surface area contributed by atoms with Gasteiger partial charge in [-0.05, 0) is 48.7 Å². The van der Waals surface area contributed by atoms with Crippen molar-refractivity contribution in [2.45, 2.75) is 23.5 Å². The number of hydrogen-bond donors (Lipinski definition) is 1. The summed E-state index contributed by atoms with van der Waals surface area (Å²) < 4.78 is 59.8. The Kier molecular flexibility index (Phi) is 6.18. The number of nitrogens with one attached hydrogen (secondary N) is 1. The van der Waals surface area contributed by atoms with Crippen molar-refractivity contribution in [3.8, 4) is 5.75 Å². The quantitative estimate of drug-likeness (QED) is 0.708. The van der Waals surface area contributed by atoms with Gasteiger partial charge >= 0.3 is 0 Å². The summed E-state index contributed by atoms with van der Waals surface area (Å²) in [5.41, 5.74) is 0.588. The molecule has 0 spiro atoms. The fourth-order valence-electron chi connectivity index (χ4n) is 3.05. The Morgan fingerprint density at radius 2 is 1.79 bits per heavy atom. The minimum Gasteiger partial charge on any atom is -0.495 e. The van der Waals surface area contributed by atoms with E-state index in [4.69, 9.17) is 16.3 Å². The maximum atomic E-state index is 12.8. The Bertz CT molecular complexity index is 1070. The fraction of sp³-hybridized carbons (Fsp3) is 0.333. The number of ether oxygens (including phenoxy) is 1. The number of hydrogen-bond acceptors (Lipinski definition) is 5. The molecule has 0 amide bonds. The van der Waals surface area contributed by atoms with Gasteiger partial charge in [-0.3, -0.25) is 4.72 Å². The highest BCUT2D eigenvalue weighted by Crippen LogP contribution is 2.31. The predicted molar refractivity (Wildman–Crippen MR) is 109 cm³/mol. The molecule has 1 aliphatic rings. The lowest BCUT2D eigenvalue weighted by atomic mass is 10.2. The van der Waals surface area contributed by atoms with E-state index in [1.54, 1.807) is 24.3 Å². The number of anilines is 1. The molecule has 0 unspecified atom stereocenters. The van der Waals surface area contributed by atoms with Crippen molar-refractivity contribution in [1.82, 2.24) is 4.31 Å². The van der Waals surface area contributed by atoms with E-state index in [0.29, 0.717) is 23.7 Å². The van der Waals surface area contributed by atoms with Crippen LogP contribution in [0.25, 0.3) is 0 Å². The first-order valence-corrected chi connectivity index (χ1v) is 12.1.